The topological polar surface area (TPSA) is 105 Å². The Hall–Kier alpha value is -4.12. The van der Waals surface area contributed by atoms with Crippen molar-refractivity contribution in [3.05, 3.63) is 89.7 Å². The maximum Gasteiger partial charge on any atom is 0.243 e. The molecule has 0 aromatic heterocycles. The first kappa shape index (κ1) is 31.8. The summed E-state index contributed by atoms with van der Waals surface area (Å²) >= 11 is 0. The third-order valence-electron chi connectivity index (χ3n) is 7.02. The number of nitrogens with one attached hydrogen (secondary N) is 1. The molecule has 0 saturated heterocycles. The van der Waals surface area contributed by atoms with Gasteiger partial charge in [0.2, 0.25) is 28.6 Å². The summed E-state index contributed by atoms with van der Waals surface area (Å²) < 4.78 is 51.1. The molecule has 230 valence electrons. The van der Waals surface area contributed by atoms with E-state index in [4.69, 9.17) is 9.47 Å². The summed E-state index contributed by atoms with van der Waals surface area (Å²) in [6.45, 7) is 4.61. The molecule has 9 nitrogen and oxygen atoms in total. The summed E-state index contributed by atoms with van der Waals surface area (Å²) in [6.07, 6.45) is 1.58. The van der Waals surface area contributed by atoms with Gasteiger partial charge in [-0.05, 0) is 47.7 Å². The summed E-state index contributed by atoms with van der Waals surface area (Å²) in [5, 5.41) is 2.97. The highest BCUT2D eigenvalue weighted by molar-refractivity contribution is 7.92. The van der Waals surface area contributed by atoms with Crippen LogP contribution in [0.2, 0.25) is 0 Å². The molecule has 1 N–H and O–H groups in total. The van der Waals surface area contributed by atoms with E-state index >= 15 is 0 Å². The zero-order valence-electron chi connectivity index (χ0n) is 24.7. The molecule has 1 heterocycles. The number of carbonyl (C=O) groups excluding carboxylic acids is 2. The van der Waals surface area contributed by atoms with Gasteiger partial charge in [-0.2, -0.15) is 0 Å². The molecule has 3 aromatic carbocycles. The highest BCUT2D eigenvalue weighted by atomic mass is 32.2. The number of benzene rings is 3. The number of anilines is 1. The number of halogens is 1. The van der Waals surface area contributed by atoms with E-state index in [1.807, 2.05) is 44.2 Å². The lowest BCUT2D eigenvalue weighted by Gasteiger charge is -2.32. The lowest BCUT2D eigenvalue weighted by atomic mass is 10.0. The molecule has 11 heteroatoms. The molecule has 1 aliphatic heterocycles. The van der Waals surface area contributed by atoms with Crippen molar-refractivity contribution in [3.8, 4) is 11.5 Å². The van der Waals surface area contributed by atoms with Crippen LogP contribution in [0.1, 0.15) is 37.8 Å². The number of nitrogens with zero attached hydrogens (tertiary/aromatic N) is 2. The third kappa shape index (κ3) is 8.93. The molecule has 0 fully saturated rings. The summed E-state index contributed by atoms with van der Waals surface area (Å²) in [6, 6.07) is 19.3. The molecule has 1 unspecified atom stereocenters. The molecule has 0 bridgehead atoms. The molecule has 2 amide bonds. The second-order valence-corrected chi connectivity index (χ2v) is 12.9. The largest absolute Gasteiger partial charge is 0.454 e. The average molecular weight is 612 g/mol. The minimum absolute atomic E-state index is 0.0134. The van der Waals surface area contributed by atoms with Gasteiger partial charge in [-0.1, -0.05) is 56.3 Å². The first-order valence-electron chi connectivity index (χ1n) is 14.2. The fourth-order valence-corrected chi connectivity index (χ4v) is 5.76. The zero-order valence-corrected chi connectivity index (χ0v) is 25.5. The molecule has 0 spiro atoms. The monoisotopic (exact) mass is 611 g/mol. The van der Waals surface area contributed by atoms with E-state index in [9.17, 15) is 22.4 Å². The first-order valence-corrected chi connectivity index (χ1v) is 16.1. The Bertz CT molecular complexity index is 1500. The van der Waals surface area contributed by atoms with E-state index < -0.39 is 21.9 Å². The Balaban J connectivity index is 1.57. The van der Waals surface area contributed by atoms with Crippen LogP contribution in [0.15, 0.2) is 72.8 Å². The predicted octanol–water partition coefficient (Wildman–Crippen LogP) is 4.51. The molecule has 0 saturated carbocycles. The van der Waals surface area contributed by atoms with Crippen LogP contribution in [0.25, 0.3) is 0 Å². The predicted molar refractivity (Wildman–Crippen MR) is 163 cm³/mol. The van der Waals surface area contributed by atoms with Gasteiger partial charge in [0.15, 0.2) is 11.5 Å². The molecule has 0 aliphatic carbocycles. The Morgan fingerprint density at radius 3 is 2.33 bits per heavy atom. The van der Waals surface area contributed by atoms with Crippen LogP contribution in [0.5, 0.6) is 11.5 Å². The Morgan fingerprint density at radius 1 is 0.953 bits per heavy atom. The van der Waals surface area contributed by atoms with Gasteiger partial charge < -0.3 is 19.7 Å². The van der Waals surface area contributed by atoms with Crippen LogP contribution in [0, 0.1) is 11.7 Å². The first-order chi connectivity index (χ1) is 20.5. The van der Waals surface area contributed by atoms with Crippen molar-refractivity contribution >= 4 is 27.5 Å². The van der Waals surface area contributed by atoms with Gasteiger partial charge >= 0.3 is 0 Å². The van der Waals surface area contributed by atoms with E-state index in [-0.39, 0.29) is 56.9 Å². The molecule has 43 heavy (non-hydrogen) atoms. The number of fused-ring (bicyclic) bond motifs is 1. The number of sulfonamides is 1. The number of carbonyl (C=O) groups is 2. The summed E-state index contributed by atoms with van der Waals surface area (Å²) in [4.78, 5) is 29.0. The third-order valence-corrected chi connectivity index (χ3v) is 8.21. The molecular weight excluding hydrogens is 573 g/mol. The van der Waals surface area contributed by atoms with E-state index in [2.05, 4.69) is 5.32 Å². The van der Waals surface area contributed by atoms with E-state index in [1.165, 1.54) is 21.3 Å². The van der Waals surface area contributed by atoms with Gasteiger partial charge in [0, 0.05) is 38.5 Å². The molecule has 1 atom stereocenters. The fourth-order valence-electron chi connectivity index (χ4n) is 4.81. The maximum atomic E-state index is 13.9. The van der Waals surface area contributed by atoms with Crippen LogP contribution < -0.4 is 19.1 Å². The lowest BCUT2D eigenvalue weighted by Crippen LogP contribution is -2.51. The summed E-state index contributed by atoms with van der Waals surface area (Å²) in [5.74, 6) is 0.186. The second-order valence-electron chi connectivity index (χ2n) is 11.0. The Kier molecular flexibility index (Phi) is 10.6. The van der Waals surface area contributed by atoms with Gasteiger partial charge in [-0.25, -0.2) is 12.8 Å². The SMILES string of the molecule is CC(C)CNC(=O)C(Cc1ccccc1)N(Cc1ccc(F)cc1)C(=O)CCCN(c1ccc2c(c1)OCO2)S(C)(=O)=O. The van der Waals surface area contributed by atoms with Crippen LogP contribution in [0.4, 0.5) is 10.1 Å². The summed E-state index contributed by atoms with van der Waals surface area (Å²) in [5.41, 5.74) is 1.95. The minimum atomic E-state index is -3.68. The number of ether oxygens (including phenoxy) is 2. The molecular formula is C32H38FN3O6S. The highest BCUT2D eigenvalue weighted by Crippen LogP contribution is 2.36. The van der Waals surface area contributed by atoms with Crippen molar-refractivity contribution in [1.82, 2.24) is 10.2 Å². The van der Waals surface area contributed by atoms with E-state index in [0.717, 1.165) is 11.8 Å². The fraction of sp³-hybridized carbons (Fsp3) is 0.375. The van der Waals surface area contributed by atoms with Crippen LogP contribution in [-0.2, 0) is 32.6 Å². The van der Waals surface area contributed by atoms with Gasteiger partial charge in [-0.3, -0.25) is 13.9 Å². The quantitative estimate of drug-likeness (QED) is 0.288. The molecule has 0 radical (unpaired) electrons. The normalized spacial score (nSPS) is 13.0. The van der Waals surface area contributed by atoms with Gasteiger partial charge in [0.25, 0.3) is 0 Å². The van der Waals surface area contributed by atoms with E-state index in [1.54, 1.807) is 30.3 Å². The van der Waals surface area contributed by atoms with Gasteiger partial charge in [-0.15, -0.1) is 0 Å². The number of rotatable bonds is 14. The van der Waals surface area contributed by atoms with Crippen LogP contribution in [0.3, 0.4) is 0 Å². The summed E-state index contributed by atoms with van der Waals surface area (Å²) in [7, 11) is -3.68. The lowest BCUT2D eigenvalue weighted by molar-refractivity contribution is -0.141. The standard InChI is InChI=1S/C32H38FN3O6S/c1-23(2)20-34-32(38)28(18-24-8-5-4-6-9-24)35(21-25-11-13-26(33)14-12-25)31(37)10-7-17-36(43(3,39)40)27-15-16-29-30(19-27)42-22-41-29/h4-6,8-9,11-16,19,23,28H,7,10,17-18,20-22H2,1-3H3,(H,34,38). The highest BCUT2D eigenvalue weighted by Gasteiger charge is 2.31. The maximum absolute atomic E-state index is 13.9. The van der Waals surface area contributed by atoms with Crippen molar-refractivity contribution in [3.63, 3.8) is 0 Å². The molecule has 4 rings (SSSR count). The van der Waals surface area contributed by atoms with Crippen molar-refractivity contribution < 1.29 is 31.9 Å². The molecule has 3 aromatic rings. The smallest absolute Gasteiger partial charge is 0.243 e. The van der Waals surface area contributed by atoms with Crippen molar-refractivity contribution in [1.29, 1.82) is 0 Å². The van der Waals surface area contributed by atoms with Crippen molar-refractivity contribution in [2.24, 2.45) is 5.92 Å². The second kappa shape index (κ2) is 14.4. The van der Waals surface area contributed by atoms with E-state index in [0.29, 0.717) is 29.3 Å². The average Bonchev–Trinajstić information content (AvgIpc) is 3.44. The number of amides is 2. The molecule has 1 aliphatic rings. The van der Waals surface area contributed by atoms with Crippen LogP contribution >= 0.6 is 0 Å². The van der Waals surface area contributed by atoms with Gasteiger partial charge in [0.1, 0.15) is 11.9 Å². The number of hydrogen-bond donors (Lipinski definition) is 1. The number of hydrogen-bond acceptors (Lipinski definition) is 6. The minimum Gasteiger partial charge on any atom is -0.454 e. The Morgan fingerprint density at radius 2 is 1.65 bits per heavy atom. The van der Waals surface area contributed by atoms with Crippen molar-refractivity contribution in [2.45, 2.75) is 45.7 Å². The van der Waals surface area contributed by atoms with Crippen LogP contribution in [-0.4, -0.2) is 57.3 Å². The van der Waals surface area contributed by atoms with Crippen molar-refractivity contribution in [2.75, 3.05) is 30.4 Å². The van der Waals surface area contributed by atoms with Gasteiger partial charge in [0.05, 0.1) is 11.9 Å². The zero-order chi connectivity index (χ0) is 31.0. The Labute approximate surface area is 252 Å².